The van der Waals surface area contributed by atoms with Crippen molar-refractivity contribution in [1.82, 2.24) is 9.78 Å². The van der Waals surface area contributed by atoms with E-state index in [1.165, 1.54) is 4.68 Å². The fourth-order valence-electron chi connectivity index (χ4n) is 2.97. The van der Waals surface area contributed by atoms with E-state index in [4.69, 9.17) is 34.8 Å². The molecule has 0 radical (unpaired) electrons. The Balaban J connectivity index is 1.92. The normalized spacial score (nSPS) is 11.1. The van der Waals surface area contributed by atoms with E-state index in [1.807, 2.05) is 42.5 Å². The molecule has 0 aliphatic heterocycles. The molecule has 4 rings (SSSR count). The van der Waals surface area contributed by atoms with Gasteiger partial charge in [0.1, 0.15) is 0 Å². The number of hydrogen-bond acceptors (Lipinski definition) is 2. The van der Waals surface area contributed by atoms with Gasteiger partial charge in [-0.1, -0.05) is 65.1 Å². The number of benzene rings is 3. The maximum atomic E-state index is 13.0. The molecule has 1 aromatic heterocycles. The van der Waals surface area contributed by atoms with E-state index in [1.54, 1.807) is 24.3 Å². The van der Waals surface area contributed by atoms with E-state index < -0.39 is 0 Å². The SMILES string of the molecule is O=c1c2ccccc2c(Cc2ccc(Cl)cc2)nn1-c1ccc(Cl)c(Cl)c1. The van der Waals surface area contributed by atoms with Crippen LogP contribution in [0.2, 0.25) is 15.1 Å². The Kier molecular flexibility index (Phi) is 4.92. The zero-order valence-corrected chi connectivity index (χ0v) is 16.3. The van der Waals surface area contributed by atoms with Crippen LogP contribution in [0.3, 0.4) is 0 Å². The maximum absolute atomic E-state index is 13.0. The second kappa shape index (κ2) is 7.35. The van der Waals surface area contributed by atoms with Gasteiger partial charge in [0.25, 0.3) is 5.56 Å². The predicted octanol–water partition coefficient (Wildman–Crippen LogP) is 5.94. The van der Waals surface area contributed by atoms with Crippen LogP contribution in [-0.2, 0) is 6.42 Å². The van der Waals surface area contributed by atoms with Crippen molar-refractivity contribution in [2.24, 2.45) is 0 Å². The molecule has 3 nitrogen and oxygen atoms in total. The van der Waals surface area contributed by atoms with Crippen LogP contribution in [0, 0.1) is 0 Å². The quantitative estimate of drug-likeness (QED) is 0.415. The lowest BCUT2D eigenvalue weighted by molar-refractivity contribution is 0.788. The smallest absolute Gasteiger partial charge is 0.267 e. The Labute approximate surface area is 170 Å². The summed E-state index contributed by atoms with van der Waals surface area (Å²) in [6.07, 6.45) is 0.569. The number of fused-ring (bicyclic) bond motifs is 1. The summed E-state index contributed by atoms with van der Waals surface area (Å²) in [6, 6.07) is 20.1. The van der Waals surface area contributed by atoms with Gasteiger partial charge in [-0.25, -0.2) is 0 Å². The van der Waals surface area contributed by atoms with Crippen LogP contribution in [0.1, 0.15) is 11.3 Å². The molecule has 1 heterocycles. The van der Waals surface area contributed by atoms with Crippen molar-refractivity contribution < 1.29 is 0 Å². The van der Waals surface area contributed by atoms with Gasteiger partial charge in [-0.2, -0.15) is 9.78 Å². The summed E-state index contributed by atoms with van der Waals surface area (Å²) < 4.78 is 1.37. The molecule has 3 aromatic carbocycles. The summed E-state index contributed by atoms with van der Waals surface area (Å²) in [4.78, 5) is 13.0. The van der Waals surface area contributed by atoms with Gasteiger partial charge in [0.05, 0.1) is 26.8 Å². The largest absolute Gasteiger partial charge is 0.279 e. The summed E-state index contributed by atoms with van der Waals surface area (Å²) in [5, 5.41) is 7.53. The zero-order chi connectivity index (χ0) is 19.0. The number of hydrogen-bond donors (Lipinski definition) is 0. The molecule has 6 heteroatoms. The minimum atomic E-state index is -0.205. The molecule has 0 unspecified atom stereocenters. The van der Waals surface area contributed by atoms with Crippen LogP contribution in [0.25, 0.3) is 16.5 Å². The van der Waals surface area contributed by atoms with Gasteiger partial charge in [0.2, 0.25) is 0 Å². The van der Waals surface area contributed by atoms with Crippen molar-refractivity contribution in [1.29, 1.82) is 0 Å². The Morgan fingerprint density at radius 1 is 0.815 bits per heavy atom. The average Bonchev–Trinajstić information content (AvgIpc) is 2.68. The van der Waals surface area contributed by atoms with E-state index in [2.05, 4.69) is 5.10 Å². The Bertz CT molecular complexity index is 1200. The summed E-state index contributed by atoms with van der Waals surface area (Å²) in [6.45, 7) is 0. The minimum absolute atomic E-state index is 0.205. The zero-order valence-electron chi connectivity index (χ0n) is 14.0. The van der Waals surface area contributed by atoms with Gasteiger partial charge in [-0.15, -0.1) is 0 Å². The van der Waals surface area contributed by atoms with Gasteiger partial charge < -0.3 is 0 Å². The molecule has 0 atom stereocenters. The lowest BCUT2D eigenvalue weighted by Gasteiger charge is -2.12. The van der Waals surface area contributed by atoms with E-state index in [0.717, 1.165) is 16.6 Å². The third-order valence-corrected chi connectivity index (χ3v) is 5.31. The van der Waals surface area contributed by atoms with Crippen molar-refractivity contribution in [3.8, 4) is 5.69 Å². The highest BCUT2D eigenvalue weighted by Gasteiger charge is 2.13. The topological polar surface area (TPSA) is 34.9 Å². The standard InChI is InChI=1S/C21H13Cl3N2O/c22-14-7-5-13(6-8-14)11-20-16-3-1-2-4-17(16)21(27)26(25-20)15-9-10-18(23)19(24)12-15/h1-10,12H,11H2. The fourth-order valence-corrected chi connectivity index (χ4v) is 3.39. The van der Waals surface area contributed by atoms with Crippen LogP contribution in [0.4, 0.5) is 0 Å². The highest BCUT2D eigenvalue weighted by molar-refractivity contribution is 6.42. The maximum Gasteiger partial charge on any atom is 0.279 e. The Morgan fingerprint density at radius 3 is 2.22 bits per heavy atom. The van der Waals surface area contributed by atoms with Crippen molar-refractivity contribution in [2.45, 2.75) is 6.42 Å². The van der Waals surface area contributed by atoms with Crippen molar-refractivity contribution in [3.05, 3.63) is 103 Å². The molecule has 0 aliphatic rings. The van der Waals surface area contributed by atoms with Crippen LogP contribution in [0.15, 0.2) is 71.5 Å². The van der Waals surface area contributed by atoms with Crippen molar-refractivity contribution in [3.63, 3.8) is 0 Å². The molecule has 0 saturated heterocycles. The average molecular weight is 416 g/mol. The summed E-state index contributed by atoms with van der Waals surface area (Å²) in [5.74, 6) is 0. The number of aromatic nitrogens is 2. The van der Waals surface area contributed by atoms with Crippen molar-refractivity contribution in [2.75, 3.05) is 0 Å². The van der Waals surface area contributed by atoms with Gasteiger partial charge in [-0.3, -0.25) is 4.79 Å². The molecule has 4 aromatic rings. The molecule has 0 N–H and O–H groups in total. The molecule has 0 spiro atoms. The second-order valence-corrected chi connectivity index (χ2v) is 7.36. The summed E-state index contributed by atoms with van der Waals surface area (Å²) >= 11 is 18.1. The van der Waals surface area contributed by atoms with Gasteiger partial charge in [0.15, 0.2) is 0 Å². The van der Waals surface area contributed by atoms with E-state index in [0.29, 0.717) is 32.6 Å². The minimum Gasteiger partial charge on any atom is -0.267 e. The second-order valence-electron chi connectivity index (χ2n) is 6.11. The highest BCUT2D eigenvalue weighted by atomic mass is 35.5. The fraction of sp³-hybridized carbons (Fsp3) is 0.0476. The van der Waals surface area contributed by atoms with Gasteiger partial charge >= 0.3 is 0 Å². The molecule has 27 heavy (non-hydrogen) atoms. The van der Waals surface area contributed by atoms with E-state index >= 15 is 0 Å². The number of rotatable bonds is 3. The number of halogens is 3. The number of nitrogens with zero attached hydrogens (tertiary/aromatic N) is 2. The molecule has 0 bridgehead atoms. The Morgan fingerprint density at radius 2 is 1.52 bits per heavy atom. The molecule has 0 saturated carbocycles. The van der Waals surface area contributed by atoms with Gasteiger partial charge in [-0.05, 0) is 42.0 Å². The third-order valence-electron chi connectivity index (χ3n) is 4.31. The third kappa shape index (κ3) is 3.59. The van der Waals surface area contributed by atoms with Crippen LogP contribution in [0.5, 0.6) is 0 Å². The molecule has 0 aliphatic carbocycles. The Hall–Kier alpha value is -2.33. The molecular weight excluding hydrogens is 403 g/mol. The van der Waals surface area contributed by atoms with Crippen LogP contribution < -0.4 is 5.56 Å². The first-order valence-corrected chi connectivity index (χ1v) is 9.37. The lowest BCUT2D eigenvalue weighted by Crippen LogP contribution is -2.23. The monoisotopic (exact) mass is 414 g/mol. The molecule has 0 fully saturated rings. The summed E-state index contributed by atoms with van der Waals surface area (Å²) in [5.41, 5.74) is 2.20. The van der Waals surface area contributed by atoms with Crippen molar-refractivity contribution >= 4 is 45.6 Å². The first kappa shape index (κ1) is 18.1. The van der Waals surface area contributed by atoms with Crippen LogP contribution >= 0.6 is 34.8 Å². The lowest BCUT2D eigenvalue weighted by atomic mass is 10.0. The van der Waals surface area contributed by atoms with E-state index in [-0.39, 0.29) is 5.56 Å². The first-order valence-electron chi connectivity index (χ1n) is 8.24. The molecular formula is C21H13Cl3N2O. The highest BCUT2D eigenvalue weighted by Crippen LogP contribution is 2.25. The summed E-state index contributed by atoms with van der Waals surface area (Å²) in [7, 11) is 0. The van der Waals surface area contributed by atoms with Gasteiger partial charge in [0, 0.05) is 16.8 Å². The predicted molar refractivity (Wildman–Crippen MR) is 112 cm³/mol. The van der Waals surface area contributed by atoms with E-state index in [9.17, 15) is 4.79 Å². The van der Waals surface area contributed by atoms with Crippen LogP contribution in [-0.4, -0.2) is 9.78 Å². The molecule has 0 amide bonds. The molecule has 134 valence electrons. The first-order chi connectivity index (χ1) is 13.0.